The maximum absolute atomic E-state index is 12.2. The fourth-order valence-electron chi connectivity index (χ4n) is 1.79. The van der Waals surface area contributed by atoms with E-state index >= 15 is 0 Å². The van der Waals surface area contributed by atoms with E-state index in [2.05, 4.69) is 4.72 Å². The number of sulfonamides is 1. The molecular formula is C14H15ClN2O2S. The van der Waals surface area contributed by atoms with Gasteiger partial charge in [-0.1, -0.05) is 35.9 Å². The van der Waals surface area contributed by atoms with Crippen molar-refractivity contribution in [3.05, 3.63) is 58.6 Å². The molecule has 0 bridgehead atoms. The summed E-state index contributed by atoms with van der Waals surface area (Å²) in [5.41, 5.74) is 8.07. The SMILES string of the molecule is Cc1ccc(Cl)c(NS(=O)(=O)Cc2ccccc2N)c1. The van der Waals surface area contributed by atoms with Gasteiger partial charge < -0.3 is 5.73 Å². The molecule has 0 heterocycles. The molecule has 0 saturated heterocycles. The number of halogens is 1. The first-order chi connectivity index (χ1) is 9.37. The molecule has 0 unspecified atom stereocenters. The van der Waals surface area contributed by atoms with Crippen LogP contribution in [0.5, 0.6) is 0 Å². The van der Waals surface area contributed by atoms with Crippen LogP contribution in [0.4, 0.5) is 11.4 Å². The topological polar surface area (TPSA) is 72.2 Å². The standard InChI is InChI=1S/C14H15ClN2O2S/c1-10-6-7-12(15)14(8-10)17-20(18,19)9-11-4-2-3-5-13(11)16/h2-8,17H,9,16H2,1H3. The van der Waals surface area contributed by atoms with Crippen molar-refractivity contribution < 1.29 is 8.42 Å². The van der Waals surface area contributed by atoms with Crippen LogP contribution in [0.3, 0.4) is 0 Å². The van der Waals surface area contributed by atoms with Crippen LogP contribution < -0.4 is 10.5 Å². The van der Waals surface area contributed by atoms with Gasteiger partial charge in [-0.15, -0.1) is 0 Å². The van der Waals surface area contributed by atoms with E-state index in [1.54, 1.807) is 36.4 Å². The Hall–Kier alpha value is -1.72. The number of benzene rings is 2. The maximum Gasteiger partial charge on any atom is 0.237 e. The molecule has 20 heavy (non-hydrogen) atoms. The Balaban J connectivity index is 2.24. The van der Waals surface area contributed by atoms with Crippen LogP contribution in [0.15, 0.2) is 42.5 Å². The van der Waals surface area contributed by atoms with Crippen molar-refractivity contribution >= 4 is 33.0 Å². The third-order valence-corrected chi connectivity index (χ3v) is 4.34. The van der Waals surface area contributed by atoms with Gasteiger partial charge in [-0.2, -0.15) is 0 Å². The highest BCUT2D eigenvalue weighted by Gasteiger charge is 2.15. The van der Waals surface area contributed by atoms with Gasteiger partial charge in [0.1, 0.15) is 0 Å². The Morgan fingerprint density at radius 2 is 1.90 bits per heavy atom. The highest BCUT2D eigenvalue weighted by molar-refractivity contribution is 7.91. The van der Waals surface area contributed by atoms with Crippen molar-refractivity contribution in [1.82, 2.24) is 0 Å². The number of anilines is 2. The molecule has 0 aliphatic heterocycles. The predicted molar refractivity (Wildman–Crippen MR) is 83.3 cm³/mol. The van der Waals surface area contributed by atoms with Gasteiger partial charge in [0, 0.05) is 5.69 Å². The van der Waals surface area contributed by atoms with Crippen molar-refractivity contribution in [1.29, 1.82) is 0 Å². The van der Waals surface area contributed by atoms with Crippen LogP contribution in [-0.2, 0) is 15.8 Å². The van der Waals surface area contributed by atoms with Crippen molar-refractivity contribution in [2.24, 2.45) is 0 Å². The molecule has 6 heteroatoms. The van der Waals surface area contributed by atoms with Gasteiger partial charge in [-0.3, -0.25) is 4.72 Å². The van der Waals surface area contributed by atoms with Crippen LogP contribution in [0.1, 0.15) is 11.1 Å². The lowest BCUT2D eigenvalue weighted by molar-refractivity contribution is 0.600. The van der Waals surface area contributed by atoms with Gasteiger partial charge in [-0.25, -0.2) is 8.42 Å². The molecule has 0 aliphatic rings. The number of para-hydroxylation sites is 1. The second-order valence-electron chi connectivity index (χ2n) is 4.54. The van der Waals surface area contributed by atoms with Crippen LogP contribution in [0, 0.1) is 6.92 Å². The summed E-state index contributed by atoms with van der Waals surface area (Å²) in [4.78, 5) is 0. The Morgan fingerprint density at radius 1 is 1.20 bits per heavy atom. The van der Waals surface area contributed by atoms with Gasteiger partial charge in [0.2, 0.25) is 10.0 Å². The molecule has 3 N–H and O–H groups in total. The summed E-state index contributed by atoms with van der Waals surface area (Å²) in [6.45, 7) is 1.86. The molecule has 0 aromatic heterocycles. The van der Waals surface area contributed by atoms with E-state index in [1.165, 1.54) is 0 Å². The zero-order valence-electron chi connectivity index (χ0n) is 10.9. The first-order valence-electron chi connectivity index (χ1n) is 5.97. The van der Waals surface area contributed by atoms with E-state index in [9.17, 15) is 8.42 Å². The Kier molecular flexibility index (Phi) is 4.20. The van der Waals surface area contributed by atoms with E-state index in [-0.39, 0.29) is 5.75 Å². The van der Waals surface area contributed by atoms with E-state index in [0.29, 0.717) is 22.0 Å². The third-order valence-electron chi connectivity index (χ3n) is 2.79. The first kappa shape index (κ1) is 14.7. The van der Waals surface area contributed by atoms with Crippen LogP contribution in [0.2, 0.25) is 5.02 Å². The monoisotopic (exact) mass is 310 g/mol. The van der Waals surface area contributed by atoms with Gasteiger partial charge in [0.05, 0.1) is 16.5 Å². The minimum Gasteiger partial charge on any atom is -0.398 e. The zero-order valence-corrected chi connectivity index (χ0v) is 12.5. The van der Waals surface area contributed by atoms with Crippen LogP contribution in [-0.4, -0.2) is 8.42 Å². The molecule has 0 amide bonds. The second-order valence-corrected chi connectivity index (χ2v) is 6.67. The number of rotatable bonds is 4. The maximum atomic E-state index is 12.2. The molecule has 2 aromatic carbocycles. The summed E-state index contributed by atoms with van der Waals surface area (Å²) < 4.78 is 26.8. The molecule has 106 valence electrons. The number of nitrogens with two attached hydrogens (primary N) is 1. The van der Waals surface area contributed by atoms with Gasteiger partial charge in [-0.05, 0) is 36.2 Å². The number of hydrogen-bond acceptors (Lipinski definition) is 3. The average Bonchev–Trinajstić information content (AvgIpc) is 2.36. The minimum absolute atomic E-state index is 0.191. The number of hydrogen-bond donors (Lipinski definition) is 2. The highest BCUT2D eigenvalue weighted by atomic mass is 35.5. The largest absolute Gasteiger partial charge is 0.398 e. The molecule has 4 nitrogen and oxygen atoms in total. The molecule has 0 radical (unpaired) electrons. The van der Waals surface area contributed by atoms with Crippen LogP contribution in [0.25, 0.3) is 0 Å². The summed E-state index contributed by atoms with van der Waals surface area (Å²) in [6.07, 6.45) is 0. The summed E-state index contributed by atoms with van der Waals surface area (Å²) in [7, 11) is -3.56. The summed E-state index contributed by atoms with van der Waals surface area (Å²) in [5, 5.41) is 0.361. The molecule has 2 aromatic rings. The molecule has 0 spiro atoms. The van der Waals surface area contributed by atoms with Crippen molar-refractivity contribution in [2.75, 3.05) is 10.5 Å². The number of aryl methyl sites for hydroxylation is 1. The summed E-state index contributed by atoms with van der Waals surface area (Å²) >= 11 is 5.98. The molecule has 0 saturated carbocycles. The fourth-order valence-corrected chi connectivity index (χ4v) is 3.26. The lowest BCUT2D eigenvalue weighted by atomic mass is 10.2. The lowest BCUT2D eigenvalue weighted by Crippen LogP contribution is -2.16. The van der Waals surface area contributed by atoms with Gasteiger partial charge in [0.15, 0.2) is 0 Å². The van der Waals surface area contributed by atoms with Gasteiger partial charge in [0.25, 0.3) is 0 Å². The number of nitrogen functional groups attached to an aromatic ring is 1. The lowest BCUT2D eigenvalue weighted by Gasteiger charge is -2.11. The Labute approximate surface area is 123 Å². The van der Waals surface area contributed by atoms with E-state index < -0.39 is 10.0 Å². The molecule has 2 rings (SSSR count). The first-order valence-corrected chi connectivity index (χ1v) is 8.00. The number of nitrogens with one attached hydrogen (secondary N) is 1. The molecule has 0 aliphatic carbocycles. The van der Waals surface area contributed by atoms with E-state index in [1.807, 2.05) is 13.0 Å². The Bertz CT molecular complexity index is 730. The predicted octanol–water partition coefficient (Wildman–Crippen LogP) is 3.17. The molecular weight excluding hydrogens is 296 g/mol. The average molecular weight is 311 g/mol. The van der Waals surface area contributed by atoms with E-state index in [4.69, 9.17) is 17.3 Å². The fraction of sp³-hybridized carbons (Fsp3) is 0.143. The smallest absolute Gasteiger partial charge is 0.237 e. The normalized spacial score (nSPS) is 11.3. The quantitative estimate of drug-likeness (QED) is 0.852. The molecule has 0 atom stereocenters. The Morgan fingerprint density at radius 3 is 2.60 bits per heavy atom. The van der Waals surface area contributed by atoms with Gasteiger partial charge >= 0.3 is 0 Å². The van der Waals surface area contributed by atoms with Crippen molar-refractivity contribution in [3.8, 4) is 0 Å². The van der Waals surface area contributed by atoms with Crippen LogP contribution >= 0.6 is 11.6 Å². The van der Waals surface area contributed by atoms with E-state index in [0.717, 1.165) is 5.56 Å². The minimum atomic E-state index is -3.56. The third kappa shape index (κ3) is 3.65. The zero-order chi connectivity index (χ0) is 14.8. The second kappa shape index (κ2) is 5.73. The summed E-state index contributed by atoms with van der Waals surface area (Å²) in [6, 6.07) is 12.0. The van der Waals surface area contributed by atoms with Crippen molar-refractivity contribution in [2.45, 2.75) is 12.7 Å². The molecule has 0 fully saturated rings. The summed E-state index contributed by atoms with van der Waals surface area (Å²) in [5.74, 6) is -0.191. The highest BCUT2D eigenvalue weighted by Crippen LogP contribution is 2.25. The van der Waals surface area contributed by atoms with Crippen molar-refractivity contribution in [3.63, 3.8) is 0 Å².